The van der Waals surface area contributed by atoms with Gasteiger partial charge in [-0.3, -0.25) is 5.84 Å². The smallest absolute Gasteiger partial charge is 0.204 e. The Kier molecular flexibility index (Phi) is 3.20. The number of aromatic nitrogens is 4. The van der Waals surface area contributed by atoms with Gasteiger partial charge in [0.25, 0.3) is 0 Å². The molecule has 1 heterocycles. The van der Waals surface area contributed by atoms with Crippen LogP contribution in [0.3, 0.4) is 0 Å². The van der Waals surface area contributed by atoms with Gasteiger partial charge in [0.1, 0.15) is 5.75 Å². The van der Waals surface area contributed by atoms with Crippen LogP contribution in [0.1, 0.15) is 17.5 Å². The summed E-state index contributed by atoms with van der Waals surface area (Å²) in [5, 5.41) is 24.7. The van der Waals surface area contributed by atoms with E-state index < -0.39 is 0 Å². The molecule has 0 fully saturated rings. The number of rotatable bonds is 3. The molecule has 1 aliphatic rings. The number of anilines is 1. The number of benzene rings is 2. The zero-order valence-corrected chi connectivity index (χ0v) is 12.4. The molecular weight excluding hydrogens is 292 g/mol. The van der Waals surface area contributed by atoms with Crippen LogP contribution in [0.4, 0.5) is 5.69 Å². The number of nitrogens with zero attached hydrogens (tertiary/aromatic N) is 3. The average molecular weight is 308 g/mol. The first-order valence-corrected chi connectivity index (χ1v) is 7.46. The van der Waals surface area contributed by atoms with Gasteiger partial charge in [0, 0.05) is 11.1 Å². The van der Waals surface area contributed by atoms with Crippen LogP contribution < -0.4 is 11.3 Å². The molecule has 116 valence electrons. The maximum Gasteiger partial charge on any atom is 0.204 e. The number of aromatic hydroxyl groups is 1. The van der Waals surface area contributed by atoms with Crippen molar-refractivity contribution in [3.63, 3.8) is 0 Å². The molecular formula is C16H16N6O. The van der Waals surface area contributed by atoms with Gasteiger partial charge in [0.2, 0.25) is 5.82 Å². The minimum atomic E-state index is 0.179. The van der Waals surface area contributed by atoms with E-state index in [1.807, 2.05) is 30.3 Å². The number of phenols is 1. The second-order valence-corrected chi connectivity index (χ2v) is 5.60. The number of H-pyrrole nitrogens is 1. The lowest BCUT2D eigenvalue weighted by molar-refractivity contribution is 0.478. The number of hydrazine groups is 1. The second-order valence-electron chi connectivity index (χ2n) is 5.60. The average Bonchev–Trinajstić information content (AvgIpc) is 3.25. The molecule has 23 heavy (non-hydrogen) atoms. The number of tetrazole rings is 1. The van der Waals surface area contributed by atoms with Gasteiger partial charge in [-0.15, -0.1) is 10.2 Å². The standard InChI is InChI=1S/C16H16N6O/c17-18-13-8-9-3-2-6-12(9)14(15(13)23)10-4-1-5-11(7-10)16-19-21-22-20-16/h1,4-5,7-8,18,23H,2-3,6,17H2,(H,19,20,21,22). The van der Waals surface area contributed by atoms with Gasteiger partial charge >= 0.3 is 0 Å². The summed E-state index contributed by atoms with van der Waals surface area (Å²) in [6, 6.07) is 9.70. The summed E-state index contributed by atoms with van der Waals surface area (Å²) in [4.78, 5) is 0. The van der Waals surface area contributed by atoms with Crippen LogP contribution in [0.15, 0.2) is 30.3 Å². The molecule has 0 spiro atoms. The summed E-state index contributed by atoms with van der Waals surface area (Å²) >= 11 is 0. The zero-order valence-electron chi connectivity index (χ0n) is 12.4. The monoisotopic (exact) mass is 308 g/mol. The second kappa shape index (κ2) is 5.36. The van der Waals surface area contributed by atoms with Crippen molar-refractivity contribution < 1.29 is 5.11 Å². The molecule has 1 aromatic heterocycles. The van der Waals surface area contributed by atoms with Gasteiger partial charge in [0.15, 0.2) is 0 Å². The number of fused-ring (bicyclic) bond motifs is 1. The number of nitrogens with one attached hydrogen (secondary N) is 2. The van der Waals surface area contributed by atoms with Crippen molar-refractivity contribution in [2.75, 3.05) is 5.43 Å². The Balaban J connectivity index is 1.91. The van der Waals surface area contributed by atoms with Crippen LogP contribution in [-0.4, -0.2) is 25.7 Å². The minimum Gasteiger partial charge on any atom is -0.505 e. The molecule has 0 saturated carbocycles. The first kappa shape index (κ1) is 13.7. The number of hydrogen-bond acceptors (Lipinski definition) is 6. The molecule has 1 aliphatic carbocycles. The van der Waals surface area contributed by atoms with Crippen molar-refractivity contribution in [3.8, 4) is 28.3 Å². The fourth-order valence-corrected chi connectivity index (χ4v) is 3.25. The Hall–Kier alpha value is -2.93. The first-order valence-electron chi connectivity index (χ1n) is 7.46. The van der Waals surface area contributed by atoms with E-state index in [1.54, 1.807) is 0 Å². The van der Waals surface area contributed by atoms with Gasteiger partial charge in [-0.2, -0.15) is 5.21 Å². The van der Waals surface area contributed by atoms with Crippen molar-refractivity contribution in [1.29, 1.82) is 0 Å². The Morgan fingerprint density at radius 1 is 1.17 bits per heavy atom. The van der Waals surface area contributed by atoms with E-state index in [0.717, 1.165) is 36.0 Å². The molecule has 0 atom stereocenters. The van der Waals surface area contributed by atoms with Gasteiger partial charge in [-0.1, -0.05) is 18.2 Å². The molecule has 0 saturated heterocycles. The summed E-state index contributed by atoms with van der Waals surface area (Å²) in [6.45, 7) is 0. The van der Waals surface area contributed by atoms with E-state index in [0.29, 0.717) is 11.5 Å². The SMILES string of the molecule is NNc1cc2c(c(-c3cccc(-c4nn[nH]n4)c3)c1O)CCC2. The fraction of sp³-hybridized carbons (Fsp3) is 0.188. The fourth-order valence-electron chi connectivity index (χ4n) is 3.25. The molecule has 0 aliphatic heterocycles. The van der Waals surface area contributed by atoms with Crippen molar-refractivity contribution in [3.05, 3.63) is 41.5 Å². The quantitative estimate of drug-likeness (QED) is 0.334. The third-order valence-corrected chi connectivity index (χ3v) is 4.28. The van der Waals surface area contributed by atoms with E-state index in [4.69, 9.17) is 5.84 Å². The van der Waals surface area contributed by atoms with Crippen LogP contribution >= 0.6 is 0 Å². The number of hydrogen-bond donors (Lipinski definition) is 4. The maximum atomic E-state index is 10.6. The normalized spacial score (nSPS) is 13.1. The molecule has 0 bridgehead atoms. The Morgan fingerprint density at radius 2 is 2.04 bits per heavy atom. The molecule has 0 unspecified atom stereocenters. The number of phenolic OH excluding ortho intramolecular Hbond substituents is 1. The van der Waals surface area contributed by atoms with Crippen LogP contribution in [-0.2, 0) is 12.8 Å². The molecule has 0 radical (unpaired) electrons. The summed E-state index contributed by atoms with van der Waals surface area (Å²) in [6.07, 6.45) is 3.04. The zero-order chi connectivity index (χ0) is 15.8. The highest BCUT2D eigenvalue weighted by Crippen LogP contribution is 2.43. The molecule has 5 N–H and O–H groups in total. The van der Waals surface area contributed by atoms with E-state index in [2.05, 4.69) is 26.0 Å². The lowest BCUT2D eigenvalue weighted by Gasteiger charge is -2.15. The Morgan fingerprint density at radius 3 is 2.83 bits per heavy atom. The van der Waals surface area contributed by atoms with Crippen LogP contribution in [0.2, 0.25) is 0 Å². The van der Waals surface area contributed by atoms with Crippen LogP contribution in [0.25, 0.3) is 22.5 Å². The molecule has 2 aromatic carbocycles. The van der Waals surface area contributed by atoms with Crippen molar-refractivity contribution in [1.82, 2.24) is 20.6 Å². The van der Waals surface area contributed by atoms with E-state index in [9.17, 15) is 5.11 Å². The van der Waals surface area contributed by atoms with Gasteiger partial charge in [0.05, 0.1) is 5.69 Å². The largest absolute Gasteiger partial charge is 0.505 e. The van der Waals surface area contributed by atoms with Crippen LogP contribution in [0, 0.1) is 0 Å². The van der Waals surface area contributed by atoms with Gasteiger partial charge in [-0.05, 0) is 53.3 Å². The summed E-state index contributed by atoms with van der Waals surface area (Å²) in [7, 11) is 0. The highest BCUT2D eigenvalue weighted by molar-refractivity contribution is 5.84. The van der Waals surface area contributed by atoms with Crippen molar-refractivity contribution >= 4 is 5.69 Å². The lowest BCUT2D eigenvalue weighted by Crippen LogP contribution is -2.08. The van der Waals surface area contributed by atoms with Gasteiger partial charge in [-0.25, -0.2) is 0 Å². The third-order valence-electron chi connectivity index (χ3n) is 4.28. The predicted molar refractivity (Wildman–Crippen MR) is 86.5 cm³/mol. The summed E-state index contributed by atoms with van der Waals surface area (Å²) in [5.41, 5.74) is 8.14. The maximum absolute atomic E-state index is 10.6. The molecule has 0 amide bonds. The molecule has 4 rings (SSSR count). The number of aryl methyl sites for hydroxylation is 1. The van der Waals surface area contributed by atoms with Crippen LogP contribution in [0.5, 0.6) is 5.75 Å². The highest BCUT2D eigenvalue weighted by Gasteiger charge is 2.22. The van der Waals surface area contributed by atoms with Crippen molar-refractivity contribution in [2.45, 2.75) is 19.3 Å². The Labute approximate surface area is 132 Å². The highest BCUT2D eigenvalue weighted by atomic mass is 16.3. The third kappa shape index (κ3) is 2.22. The minimum absolute atomic E-state index is 0.179. The van der Waals surface area contributed by atoms with Crippen molar-refractivity contribution in [2.24, 2.45) is 5.84 Å². The molecule has 7 nitrogen and oxygen atoms in total. The first-order chi connectivity index (χ1) is 11.3. The predicted octanol–water partition coefficient (Wildman–Crippen LogP) is 2.01. The van der Waals surface area contributed by atoms with E-state index in [1.165, 1.54) is 11.1 Å². The molecule has 3 aromatic rings. The van der Waals surface area contributed by atoms with Gasteiger partial charge < -0.3 is 10.5 Å². The number of nitrogen functional groups attached to an aromatic ring is 1. The van der Waals surface area contributed by atoms with E-state index in [-0.39, 0.29) is 5.75 Å². The lowest BCUT2D eigenvalue weighted by atomic mass is 9.93. The number of nitrogens with two attached hydrogens (primary N) is 1. The number of aromatic amines is 1. The topological polar surface area (TPSA) is 113 Å². The Bertz CT molecular complexity index is 859. The molecule has 7 heteroatoms. The van der Waals surface area contributed by atoms with E-state index >= 15 is 0 Å². The summed E-state index contributed by atoms with van der Waals surface area (Å²) in [5.74, 6) is 6.26. The summed E-state index contributed by atoms with van der Waals surface area (Å²) < 4.78 is 0.